The Balaban J connectivity index is 0.000000370. The van der Waals surface area contributed by atoms with Gasteiger partial charge in [0.15, 0.2) is 11.2 Å². The highest BCUT2D eigenvalue weighted by atomic mass is 19.4. The summed E-state index contributed by atoms with van der Waals surface area (Å²) in [6.45, 7) is 7.61. The third-order valence-electron chi connectivity index (χ3n) is 4.25. The van der Waals surface area contributed by atoms with Gasteiger partial charge in [0, 0.05) is 33.2 Å². The molecule has 1 aliphatic heterocycles. The molecule has 1 aliphatic rings. The number of aryl methyl sites for hydroxylation is 1. The quantitative estimate of drug-likeness (QED) is 0.690. The number of piperazine rings is 1. The molecule has 1 saturated heterocycles. The summed E-state index contributed by atoms with van der Waals surface area (Å²) in [7, 11) is 1.73. The molecule has 29 heavy (non-hydrogen) atoms. The van der Waals surface area contributed by atoms with Crippen molar-refractivity contribution in [3.8, 4) is 11.8 Å². The van der Waals surface area contributed by atoms with E-state index in [-0.39, 0.29) is 5.56 Å². The number of halogens is 3. The second kappa shape index (κ2) is 8.95. The Kier molecular flexibility index (Phi) is 6.86. The maximum absolute atomic E-state index is 12.6. The van der Waals surface area contributed by atoms with Gasteiger partial charge in [-0.15, -0.1) is 5.92 Å². The summed E-state index contributed by atoms with van der Waals surface area (Å²) in [6.07, 6.45) is -5.08. The highest BCUT2D eigenvalue weighted by molar-refractivity contribution is 5.74. The van der Waals surface area contributed by atoms with Crippen molar-refractivity contribution in [2.75, 3.05) is 31.1 Å². The number of nitrogens with zero attached hydrogens (tertiary/aromatic N) is 5. The average Bonchev–Trinajstić information content (AvgIpc) is 3.03. The minimum Gasteiger partial charge on any atom is -0.475 e. The van der Waals surface area contributed by atoms with Crippen LogP contribution in [0.1, 0.15) is 12.7 Å². The van der Waals surface area contributed by atoms with Gasteiger partial charge in [0.05, 0.1) is 6.54 Å². The van der Waals surface area contributed by atoms with Crippen LogP contribution >= 0.6 is 0 Å². The Labute approximate surface area is 164 Å². The van der Waals surface area contributed by atoms with Crippen LogP contribution in [-0.4, -0.2) is 62.5 Å². The molecule has 0 unspecified atom stereocenters. The highest BCUT2D eigenvalue weighted by Crippen LogP contribution is 2.19. The zero-order valence-corrected chi connectivity index (χ0v) is 16.2. The van der Waals surface area contributed by atoms with E-state index in [1.165, 1.54) is 0 Å². The summed E-state index contributed by atoms with van der Waals surface area (Å²) in [5, 5.41) is 10.4. The number of carboxylic acid groups (broad SMARTS) is 1. The molecular weight excluding hydrogens is 393 g/mol. The number of nitrogens with one attached hydrogen (secondary N) is 1. The van der Waals surface area contributed by atoms with Gasteiger partial charge in [-0.05, 0) is 13.8 Å². The number of alkyl halides is 3. The average molecular weight is 414 g/mol. The maximum Gasteiger partial charge on any atom is 0.490 e. The normalized spacial score (nSPS) is 14.1. The van der Waals surface area contributed by atoms with Gasteiger partial charge in [-0.1, -0.05) is 5.92 Å². The van der Waals surface area contributed by atoms with Crippen molar-refractivity contribution in [1.82, 2.24) is 24.4 Å². The minimum atomic E-state index is -5.08. The van der Waals surface area contributed by atoms with Crippen LogP contribution in [0.3, 0.4) is 0 Å². The van der Waals surface area contributed by atoms with E-state index in [0.29, 0.717) is 23.5 Å². The first-order chi connectivity index (χ1) is 13.6. The Hall–Kier alpha value is -3.07. The molecular formula is C17H21F3N6O3. The minimum absolute atomic E-state index is 0.0747. The van der Waals surface area contributed by atoms with Crippen molar-refractivity contribution < 1.29 is 23.1 Å². The van der Waals surface area contributed by atoms with Crippen LogP contribution < -0.4 is 15.8 Å². The SMILES string of the molecule is CC#CCn1c(N2CCNCC2)nc2nc(C)n(C)c(=O)c21.O=C(O)C(F)(F)F. The van der Waals surface area contributed by atoms with Gasteiger partial charge in [-0.2, -0.15) is 18.2 Å². The van der Waals surface area contributed by atoms with Crippen LogP contribution in [0, 0.1) is 18.8 Å². The van der Waals surface area contributed by atoms with E-state index in [2.05, 4.69) is 32.0 Å². The summed E-state index contributed by atoms with van der Waals surface area (Å²) in [6, 6.07) is 0. The molecule has 0 aromatic carbocycles. The fraction of sp³-hybridized carbons (Fsp3) is 0.529. The second-order valence-corrected chi connectivity index (χ2v) is 6.16. The van der Waals surface area contributed by atoms with Gasteiger partial charge in [0.1, 0.15) is 5.82 Å². The first kappa shape index (κ1) is 22.2. The number of rotatable bonds is 2. The molecule has 2 N–H and O–H groups in total. The molecule has 0 radical (unpaired) electrons. The number of aromatic nitrogens is 4. The summed E-state index contributed by atoms with van der Waals surface area (Å²) in [5.41, 5.74) is 0.964. The molecule has 0 spiro atoms. The molecule has 3 rings (SSSR count). The smallest absolute Gasteiger partial charge is 0.475 e. The largest absolute Gasteiger partial charge is 0.490 e. The zero-order valence-electron chi connectivity index (χ0n) is 16.2. The Bertz CT molecular complexity index is 1010. The highest BCUT2D eigenvalue weighted by Gasteiger charge is 2.38. The van der Waals surface area contributed by atoms with E-state index in [1.54, 1.807) is 18.5 Å². The number of carboxylic acids is 1. The van der Waals surface area contributed by atoms with Crippen LogP contribution in [0.15, 0.2) is 4.79 Å². The zero-order chi connectivity index (χ0) is 21.8. The number of fused-ring (bicyclic) bond motifs is 1. The van der Waals surface area contributed by atoms with Crippen LogP contribution in [-0.2, 0) is 18.4 Å². The van der Waals surface area contributed by atoms with Gasteiger partial charge in [-0.3, -0.25) is 13.9 Å². The lowest BCUT2D eigenvalue weighted by Crippen LogP contribution is -2.44. The molecule has 12 heteroatoms. The Morgan fingerprint density at radius 2 is 1.86 bits per heavy atom. The van der Waals surface area contributed by atoms with Crippen molar-refractivity contribution in [2.24, 2.45) is 7.05 Å². The molecule has 9 nitrogen and oxygen atoms in total. The fourth-order valence-corrected chi connectivity index (χ4v) is 2.67. The first-order valence-electron chi connectivity index (χ1n) is 8.67. The van der Waals surface area contributed by atoms with Crippen molar-refractivity contribution in [3.05, 3.63) is 16.2 Å². The summed E-state index contributed by atoms with van der Waals surface area (Å²) >= 11 is 0. The number of imidazole rings is 1. The summed E-state index contributed by atoms with van der Waals surface area (Å²) in [5.74, 6) is 4.62. The van der Waals surface area contributed by atoms with Gasteiger partial charge in [-0.25, -0.2) is 9.78 Å². The number of aliphatic carboxylic acids is 1. The topological polar surface area (TPSA) is 105 Å². The molecule has 1 fully saturated rings. The van der Waals surface area contributed by atoms with Gasteiger partial charge in [0.25, 0.3) is 5.56 Å². The lowest BCUT2D eigenvalue weighted by atomic mass is 10.4. The molecule has 2 aromatic heterocycles. The van der Waals surface area contributed by atoms with E-state index >= 15 is 0 Å². The molecule has 0 bridgehead atoms. The summed E-state index contributed by atoms with van der Waals surface area (Å²) < 4.78 is 35.2. The predicted molar refractivity (Wildman–Crippen MR) is 99.7 cm³/mol. The second-order valence-electron chi connectivity index (χ2n) is 6.16. The Morgan fingerprint density at radius 3 is 2.38 bits per heavy atom. The standard InChI is InChI=1S/C15H20N6O.C2HF3O2/c1-4-5-8-21-12-13(17-11(2)19(3)14(12)22)18-15(21)20-9-6-16-7-10-20;3-2(4,5)1(6)7/h16H,6-10H2,1-3H3;(H,6,7). The lowest BCUT2D eigenvalue weighted by molar-refractivity contribution is -0.192. The molecule has 0 amide bonds. The van der Waals surface area contributed by atoms with E-state index < -0.39 is 12.1 Å². The molecule has 0 atom stereocenters. The van der Waals surface area contributed by atoms with Gasteiger partial charge < -0.3 is 15.3 Å². The van der Waals surface area contributed by atoms with Crippen molar-refractivity contribution in [3.63, 3.8) is 0 Å². The van der Waals surface area contributed by atoms with Crippen molar-refractivity contribution in [2.45, 2.75) is 26.6 Å². The van der Waals surface area contributed by atoms with Crippen molar-refractivity contribution >= 4 is 23.1 Å². The van der Waals surface area contributed by atoms with Crippen LogP contribution in [0.5, 0.6) is 0 Å². The monoisotopic (exact) mass is 414 g/mol. The predicted octanol–water partition coefficient (Wildman–Crippen LogP) is 0.505. The fourth-order valence-electron chi connectivity index (χ4n) is 2.67. The maximum atomic E-state index is 12.6. The lowest BCUT2D eigenvalue weighted by Gasteiger charge is -2.28. The van der Waals surface area contributed by atoms with Crippen LogP contribution in [0.25, 0.3) is 11.2 Å². The molecule has 158 valence electrons. The first-order valence-corrected chi connectivity index (χ1v) is 8.67. The number of carbonyl (C=O) groups is 1. The van der Waals surface area contributed by atoms with Crippen molar-refractivity contribution in [1.29, 1.82) is 0 Å². The number of hydrogen-bond donors (Lipinski definition) is 2. The molecule has 0 saturated carbocycles. The summed E-state index contributed by atoms with van der Waals surface area (Å²) in [4.78, 5) is 32.8. The molecule has 3 heterocycles. The third kappa shape index (κ3) is 5.05. The van der Waals surface area contributed by atoms with Crippen LogP contribution in [0.4, 0.5) is 19.1 Å². The molecule has 2 aromatic rings. The number of hydrogen-bond acceptors (Lipinski definition) is 6. The van der Waals surface area contributed by atoms with E-state index in [4.69, 9.17) is 9.90 Å². The van der Waals surface area contributed by atoms with Gasteiger partial charge >= 0.3 is 12.1 Å². The van der Waals surface area contributed by atoms with Crippen LogP contribution in [0.2, 0.25) is 0 Å². The van der Waals surface area contributed by atoms with E-state index in [9.17, 15) is 18.0 Å². The number of anilines is 1. The van der Waals surface area contributed by atoms with E-state index in [1.807, 2.05) is 11.5 Å². The Morgan fingerprint density at radius 1 is 1.28 bits per heavy atom. The third-order valence-corrected chi connectivity index (χ3v) is 4.25. The van der Waals surface area contributed by atoms with Gasteiger partial charge in [0.2, 0.25) is 5.95 Å². The molecule has 0 aliphatic carbocycles. The van der Waals surface area contributed by atoms with E-state index in [0.717, 1.165) is 32.1 Å².